The molecule has 134 valence electrons. The lowest BCUT2D eigenvalue weighted by atomic mass is 10.2. The molecule has 0 saturated carbocycles. The predicted molar refractivity (Wildman–Crippen MR) is 91.1 cm³/mol. The molecule has 1 heterocycles. The second-order valence-corrected chi connectivity index (χ2v) is 7.27. The number of nitrogens with zero attached hydrogens (tertiary/aromatic N) is 1. The summed E-state index contributed by atoms with van der Waals surface area (Å²) in [6, 6.07) is 11.5. The Labute approximate surface area is 149 Å². The zero-order chi connectivity index (χ0) is 18.7. The summed E-state index contributed by atoms with van der Waals surface area (Å²) >= 11 is 0. The van der Waals surface area contributed by atoms with E-state index in [1.807, 2.05) is 0 Å². The van der Waals surface area contributed by atoms with Crippen molar-refractivity contribution in [1.82, 2.24) is 4.31 Å². The Morgan fingerprint density at radius 1 is 1.15 bits per heavy atom. The van der Waals surface area contributed by atoms with Gasteiger partial charge in [-0.25, -0.2) is 21.9 Å². The van der Waals surface area contributed by atoms with Crippen molar-refractivity contribution in [3.63, 3.8) is 0 Å². The van der Waals surface area contributed by atoms with Gasteiger partial charge in [0.2, 0.25) is 0 Å². The van der Waals surface area contributed by atoms with Crippen LogP contribution < -0.4 is 0 Å². The number of hydrogen-bond acceptors (Lipinski definition) is 5. The van der Waals surface area contributed by atoms with Gasteiger partial charge >= 0.3 is 5.97 Å². The number of fused-ring (bicyclic) bond motifs is 1. The second-order valence-electron chi connectivity index (χ2n) is 5.43. The van der Waals surface area contributed by atoms with Crippen LogP contribution in [0.1, 0.15) is 15.9 Å². The summed E-state index contributed by atoms with van der Waals surface area (Å²) in [6.07, 6.45) is 2.48. The van der Waals surface area contributed by atoms with Gasteiger partial charge in [0.25, 0.3) is 15.9 Å². The summed E-state index contributed by atoms with van der Waals surface area (Å²) in [5.74, 6) is -1.80. The molecule has 0 fully saturated rings. The highest BCUT2D eigenvalue weighted by atomic mass is 32.2. The standard InChI is InChI=1S/C18H14FNO5S/c19-14-5-3-4-13(12-14)8-9-17(21)25-11-10-20-18(22)15-6-1-2-7-16(15)26(20,23)24/h1-9,12H,10-11H2/b9-8+. The smallest absolute Gasteiger partial charge is 0.330 e. The van der Waals surface area contributed by atoms with Gasteiger partial charge in [-0.15, -0.1) is 0 Å². The fraction of sp³-hybridized carbons (Fsp3) is 0.111. The summed E-state index contributed by atoms with van der Waals surface area (Å²) in [5.41, 5.74) is 0.583. The van der Waals surface area contributed by atoms with Crippen LogP contribution in [0, 0.1) is 5.82 Å². The number of carbonyl (C=O) groups is 2. The van der Waals surface area contributed by atoms with Crippen LogP contribution in [0.5, 0.6) is 0 Å². The summed E-state index contributed by atoms with van der Waals surface area (Å²) in [6.45, 7) is -0.569. The molecule has 2 aromatic rings. The molecule has 6 nitrogen and oxygen atoms in total. The van der Waals surface area contributed by atoms with Crippen LogP contribution in [0.2, 0.25) is 0 Å². The van der Waals surface area contributed by atoms with E-state index in [1.165, 1.54) is 42.5 Å². The van der Waals surface area contributed by atoms with Crippen molar-refractivity contribution < 1.29 is 27.1 Å². The van der Waals surface area contributed by atoms with Gasteiger partial charge in [0.15, 0.2) is 0 Å². The number of carbonyl (C=O) groups excluding carboxylic acids is 2. The maximum Gasteiger partial charge on any atom is 0.330 e. The van der Waals surface area contributed by atoms with Gasteiger partial charge in [0.05, 0.1) is 12.1 Å². The molecule has 0 bridgehead atoms. The summed E-state index contributed by atoms with van der Waals surface area (Å²) in [4.78, 5) is 23.8. The highest BCUT2D eigenvalue weighted by molar-refractivity contribution is 7.90. The molecule has 0 atom stereocenters. The third-order valence-corrected chi connectivity index (χ3v) is 5.55. The summed E-state index contributed by atoms with van der Waals surface area (Å²) < 4.78 is 43.3. The zero-order valence-electron chi connectivity index (χ0n) is 13.5. The minimum atomic E-state index is -3.92. The molecule has 1 aliphatic heterocycles. The SMILES string of the molecule is O=C(/C=C/c1cccc(F)c1)OCCN1C(=O)c2ccccc2S1(=O)=O. The van der Waals surface area contributed by atoms with E-state index in [1.54, 1.807) is 12.1 Å². The molecule has 0 saturated heterocycles. The molecule has 0 unspecified atom stereocenters. The minimum Gasteiger partial charge on any atom is -0.461 e. The molecule has 2 aromatic carbocycles. The fourth-order valence-electron chi connectivity index (χ4n) is 2.50. The first kappa shape index (κ1) is 17.8. The molecule has 3 rings (SSSR count). The first-order chi connectivity index (χ1) is 12.4. The van der Waals surface area contributed by atoms with Gasteiger partial charge in [0, 0.05) is 6.08 Å². The Bertz CT molecular complexity index is 1000. The van der Waals surface area contributed by atoms with E-state index >= 15 is 0 Å². The lowest BCUT2D eigenvalue weighted by Gasteiger charge is -2.14. The van der Waals surface area contributed by atoms with Crippen LogP contribution >= 0.6 is 0 Å². The third-order valence-electron chi connectivity index (χ3n) is 3.71. The molecule has 1 aliphatic rings. The van der Waals surface area contributed by atoms with E-state index in [9.17, 15) is 22.4 Å². The number of hydrogen-bond donors (Lipinski definition) is 0. The number of rotatable bonds is 5. The molecule has 0 spiro atoms. The molecular formula is C18H14FNO5S. The van der Waals surface area contributed by atoms with Crippen LogP contribution in [0.3, 0.4) is 0 Å². The van der Waals surface area contributed by atoms with Crippen molar-refractivity contribution in [1.29, 1.82) is 0 Å². The van der Waals surface area contributed by atoms with Crippen molar-refractivity contribution in [2.75, 3.05) is 13.2 Å². The summed E-state index contributed by atoms with van der Waals surface area (Å²) in [7, 11) is -3.92. The van der Waals surface area contributed by atoms with Crippen molar-refractivity contribution in [3.05, 3.63) is 71.6 Å². The molecule has 0 aromatic heterocycles. The number of ether oxygens (including phenoxy) is 1. The van der Waals surface area contributed by atoms with Crippen molar-refractivity contribution in [2.24, 2.45) is 0 Å². The molecular weight excluding hydrogens is 361 g/mol. The van der Waals surface area contributed by atoms with Gasteiger partial charge < -0.3 is 4.74 Å². The van der Waals surface area contributed by atoms with E-state index in [0.717, 1.165) is 6.08 Å². The van der Waals surface area contributed by atoms with Gasteiger partial charge in [-0.2, -0.15) is 0 Å². The first-order valence-corrected chi connectivity index (χ1v) is 9.10. The predicted octanol–water partition coefficient (Wildman–Crippen LogP) is 2.23. The molecule has 0 N–H and O–H groups in total. The van der Waals surface area contributed by atoms with Crippen LogP contribution in [0.4, 0.5) is 4.39 Å². The maximum absolute atomic E-state index is 13.0. The van der Waals surface area contributed by atoms with Gasteiger partial charge in [0.1, 0.15) is 17.3 Å². The topological polar surface area (TPSA) is 80.8 Å². The largest absolute Gasteiger partial charge is 0.461 e. The Balaban J connectivity index is 1.59. The number of amides is 1. The average molecular weight is 375 g/mol. The normalized spacial score (nSPS) is 15.3. The van der Waals surface area contributed by atoms with Gasteiger partial charge in [-0.1, -0.05) is 24.3 Å². The summed E-state index contributed by atoms with van der Waals surface area (Å²) in [5, 5.41) is 0. The quantitative estimate of drug-likeness (QED) is 0.591. The maximum atomic E-state index is 13.0. The highest BCUT2D eigenvalue weighted by Gasteiger charge is 2.40. The van der Waals surface area contributed by atoms with Crippen LogP contribution in [0.15, 0.2) is 59.5 Å². The third kappa shape index (κ3) is 3.50. The fourth-order valence-corrected chi connectivity index (χ4v) is 4.06. The number of benzene rings is 2. The van der Waals surface area contributed by atoms with Gasteiger partial charge in [-0.3, -0.25) is 4.79 Å². The van der Waals surface area contributed by atoms with E-state index in [0.29, 0.717) is 9.87 Å². The Hall–Kier alpha value is -3.00. The Morgan fingerprint density at radius 3 is 2.65 bits per heavy atom. The van der Waals surface area contributed by atoms with Crippen molar-refractivity contribution >= 4 is 28.0 Å². The molecule has 26 heavy (non-hydrogen) atoms. The molecule has 0 radical (unpaired) electrons. The second kappa shape index (κ2) is 7.09. The van der Waals surface area contributed by atoms with E-state index < -0.39 is 27.7 Å². The number of sulfonamides is 1. The van der Waals surface area contributed by atoms with Crippen molar-refractivity contribution in [3.8, 4) is 0 Å². The monoisotopic (exact) mass is 375 g/mol. The van der Waals surface area contributed by atoms with E-state index in [2.05, 4.69) is 0 Å². The molecule has 0 aliphatic carbocycles. The number of halogens is 1. The van der Waals surface area contributed by atoms with E-state index in [-0.39, 0.29) is 23.6 Å². The highest BCUT2D eigenvalue weighted by Crippen LogP contribution is 2.29. The van der Waals surface area contributed by atoms with Crippen LogP contribution in [-0.2, 0) is 19.6 Å². The van der Waals surface area contributed by atoms with Crippen LogP contribution in [0.25, 0.3) is 6.08 Å². The van der Waals surface area contributed by atoms with Crippen molar-refractivity contribution in [2.45, 2.75) is 4.90 Å². The lowest BCUT2D eigenvalue weighted by molar-refractivity contribution is -0.137. The van der Waals surface area contributed by atoms with Gasteiger partial charge in [-0.05, 0) is 35.9 Å². The van der Waals surface area contributed by atoms with Crippen LogP contribution in [-0.4, -0.2) is 37.8 Å². The van der Waals surface area contributed by atoms with E-state index in [4.69, 9.17) is 4.74 Å². The average Bonchev–Trinajstić information content (AvgIpc) is 2.81. The first-order valence-electron chi connectivity index (χ1n) is 7.66. The Kier molecular flexibility index (Phi) is 4.85. The number of esters is 1. The minimum absolute atomic E-state index is 0.0534. The molecule has 1 amide bonds. The Morgan fingerprint density at radius 2 is 1.92 bits per heavy atom. The zero-order valence-corrected chi connectivity index (χ0v) is 14.3. The lowest BCUT2D eigenvalue weighted by Crippen LogP contribution is -2.33. The molecule has 8 heteroatoms.